The van der Waals surface area contributed by atoms with E-state index in [0.717, 1.165) is 6.07 Å². The van der Waals surface area contributed by atoms with E-state index in [4.69, 9.17) is 5.73 Å². The Bertz CT molecular complexity index is 639. The molecule has 0 fully saturated rings. The van der Waals surface area contributed by atoms with Gasteiger partial charge in [-0.3, -0.25) is 4.79 Å². The molecular formula is C13H16F3NO3S. The highest BCUT2D eigenvalue weighted by Gasteiger charge is 2.38. The number of sulfone groups is 1. The van der Waals surface area contributed by atoms with Gasteiger partial charge in [-0.2, -0.15) is 13.2 Å². The van der Waals surface area contributed by atoms with Gasteiger partial charge in [0, 0.05) is 5.75 Å². The summed E-state index contributed by atoms with van der Waals surface area (Å²) in [6, 6.07) is 3.42. The summed E-state index contributed by atoms with van der Waals surface area (Å²) in [5.41, 5.74) is 2.93. The first-order chi connectivity index (χ1) is 9.49. The molecule has 0 aliphatic heterocycles. The number of carbonyl (C=O) groups excluding carboxylic acids is 1. The van der Waals surface area contributed by atoms with Crippen LogP contribution in [0.2, 0.25) is 0 Å². The molecule has 118 valence electrons. The Hall–Kier alpha value is -1.57. The Morgan fingerprint density at radius 3 is 2.33 bits per heavy atom. The standard InChI is InChI=1S/C13H16F3NO3S/c1-3-21(19,20)7-8(2)9-5-4-6-10(12(17)18)11(9)13(14,15)16/h4-6,8H,3,7H2,1-2H3,(H2,17,18)/t8-/m0/s1. The number of hydrogen-bond donors (Lipinski definition) is 1. The van der Waals surface area contributed by atoms with Crippen molar-refractivity contribution in [1.29, 1.82) is 0 Å². The average Bonchev–Trinajstić information content (AvgIpc) is 2.36. The minimum Gasteiger partial charge on any atom is -0.366 e. The monoisotopic (exact) mass is 323 g/mol. The van der Waals surface area contributed by atoms with Crippen molar-refractivity contribution in [3.8, 4) is 0 Å². The summed E-state index contributed by atoms with van der Waals surface area (Å²) in [6.45, 7) is 2.80. The van der Waals surface area contributed by atoms with Crippen molar-refractivity contribution in [2.75, 3.05) is 11.5 Å². The smallest absolute Gasteiger partial charge is 0.366 e. The van der Waals surface area contributed by atoms with Gasteiger partial charge in [-0.1, -0.05) is 26.0 Å². The highest BCUT2D eigenvalue weighted by molar-refractivity contribution is 7.91. The SMILES string of the molecule is CCS(=O)(=O)C[C@H](C)c1cccc(C(N)=O)c1C(F)(F)F. The lowest BCUT2D eigenvalue weighted by atomic mass is 9.92. The van der Waals surface area contributed by atoms with Gasteiger partial charge >= 0.3 is 6.18 Å². The fraction of sp³-hybridized carbons (Fsp3) is 0.462. The van der Waals surface area contributed by atoms with Crippen LogP contribution in [0.1, 0.15) is 41.3 Å². The number of halogens is 3. The Kier molecular flexibility index (Phi) is 5.03. The van der Waals surface area contributed by atoms with Crippen molar-refractivity contribution < 1.29 is 26.4 Å². The van der Waals surface area contributed by atoms with Gasteiger partial charge in [0.2, 0.25) is 5.91 Å². The molecule has 0 saturated heterocycles. The molecule has 0 saturated carbocycles. The van der Waals surface area contributed by atoms with Crippen LogP contribution in [0.15, 0.2) is 18.2 Å². The number of amides is 1. The molecule has 4 nitrogen and oxygen atoms in total. The van der Waals surface area contributed by atoms with Crippen molar-refractivity contribution in [3.05, 3.63) is 34.9 Å². The van der Waals surface area contributed by atoms with Crippen LogP contribution in [-0.4, -0.2) is 25.8 Å². The maximum Gasteiger partial charge on any atom is 0.417 e. The molecule has 0 spiro atoms. The molecule has 21 heavy (non-hydrogen) atoms. The highest BCUT2D eigenvalue weighted by Crippen LogP contribution is 2.38. The summed E-state index contributed by atoms with van der Waals surface area (Å²) in [6.07, 6.45) is -4.79. The second kappa shape index (κ2) is 6.05. The molecule has 0 bridgehead atoms. The minimum atomic E-state index is -4.79. The predicted molar refractivity (Wildman–Crippen MR) is 72.7 cm³/mol. The molecule has 1 aromatic carbocycles. The first-order valence-electron chi connectivity index (χ1n) is 6.20. The van der Waals surface area contributed by atoms with Gasteiger partial charge in [-0.25, -0.2) is 8.42 Å². The van der Waals surface area contributed by atoms with Crippen LogP contribution in [0, 0.1) is 0 Å². The number of benzene rings is 1. The lowest BCUT2D eigenvalue weighted by Gasteiger charge is -2.20. The molecule has 0 heterocycles. The third-order valence-corrected chi connectivity index (χ3v) is 5.01. The zero-order valence-electron chi connectivity index (χ0n) is 11.6. The van der Waals surface area contributed by atoms with E-state index >= 15 is 0 Å². The normalized spacial score (nSPS) is 14.0. The van der Waals surface area contributed by atoms with Gasteiger partial charge in [-0.15, -0.1) is 0 Å². The molecule has 1 aromatic rings. The molecule has 1 atom stereocenters. The molecule has 1 rings (SSSR count). The lowest BCUT2D eigenvalue weighted by Crippen LogP contribution is -2.23. The van der Waals surface area contributed by atoms with Crippen LogP contribution in [0.4, 0.5) is 13.2 Å². The summed E-state index contributed by atoms with van der Waals surface area (Å²) >= 11 is 0. The number of primary amides is 1. The van der Waals surface area contributed by atoms with E-state index in [1.54, 1.807) is 0 Å². The Balaban J connectivity index is 3.43. The zero-order valence-corrected chi connectivity index (χ0v) is 12.4. The molecule has 1 amide bonds. The number of alkyl halides is 3. The third-order valence-electron chi connectivity index (χ3n) is 3.12. The van der Waals surface area contributed by atoms with E-state index in [9.17, 15) is 26.4 Å². The number of nitrogens with two attached hydrogens (primary N) is 1. The van der Waals surface area contributed by atoms with Crippen molar-refractivity contribution >= 4 is 15.7 Å². The summed E-state index contributed by atoms with van der Waals surface area (Å²) < 4.78 is 62.7. The summed E-state index contributed by atoms with van der Waals surface area (Å²) in [7, 11) is -3.45. The van der Waals surface area contributed by atoms with Gasteiger partial charge in [0.1, 0.15) is 0 Å². The lowest BCUT2D eigenvalue weighted by molar-refractivity contribution is -0.138. The fourth-order valence-electron chi connectivity index (χ4n) is 2.09. The number of carbonyl (C=O) groups is 1. The Morgan fingerprint density at radius 1 is 1.33 bits per heavy atom. The molecule has 0 aromatic heterocycles. The highest BCUT2D eigenvalue weighted by atomic mass is 32.2. The molecule has 0 aliphatic carbocycles. The van der Waals surface area contributed by atoms with Crippen LogP contribution in [0.3, 0.4) is 0 Å². The maximum atomic E-state index is 13.2. The third kappa shape index (κ3) is 4.20. The van der Waals surface area contributed by atoms with Gasteiger partial charge in [0.25, 0.3) is 0 Å². The van der Waals surface area contributed by atoms with Crippen molar-refractivity contribution in [3.63, 3.8) is 0 Å². The van der Waals surface area contributed by atoms with Gasteiger partial charge in [-0.05, 0) is 17.5 Å². The first-order valence-corrected chi connectivity index (χ1v) is 8.02. The van der Waals surface area contributed by atoms with Gasteiger partial charge in [0.05, 0.1) is 16.9 Å². The van der Waals surface area contributed by atoms with Crippen molar-refractivity contribution in [1.82, 2.24) is 0 Å². The first kappa shape index (κ1) is 17.5. The molecule has 0 aliphatic rings. The van der Waals surface area contributed by atoms with Gasteiger partial charge < -0.3 is 5.73 Å². The summed E-state index contributed by atoms with van der Waals surface area (Å²) in [5.74, 6) is -2.68. The van der Waals surface area contributed by atoms with E-state index in [2.05, 4.69) is 0 Å². The number of rotatable bonds is 5. The largest absolute Gasteiger partial charge is 0.417 e. The second-order valence-electron chi connectivity index (χ2n) is 4.73. The molecule has 0 unspecified atom stereocenters. The van der Waals surface area contributed by atoms with Crippen LogP contribution < -0.4 is 5.73 Å². The van der Waals surface area contributed by atoms with E-state index in [1.165, 1.54) is 26.0 Å². The zero-order chi connectivity index (χ0) is 16.4. The Labute approximate surface area is 121 Å². The molecule has 8 heteroatoms. The van der Waals surface area contributed by atoms with Crippen molar-refractivity contribution in [2.45, 2.75) is 25.9 Å². The minimum absolute atomic E-state index is 0.159. The topological polar surface area (TPSA) is 77.2 Å². The average molecular weight is 323 g/mol. The number of hydrogen-bond acceptors (Lipinski definition) is 3. The van der Waals surface area contributed by atoms with Crippen LogP contribution in [0.25, 0.3) is 0 Å². The molecular weight excluding hydrogens is 307 g/mol. The maximum absolute atomic E-state index is 13.2. The Morgan fingerprint density at radius 2 is 1.90 bits per heavy atom. The summed E-state index contributed by atoms with van der Waals surface area (Å²) in [4.78, 5) is 11.2. The van der Waals surface area contributed by atoms with Crippen LogP contribution >= 0.6 is 0 Å². The van der Waals surface area contributed by atoms with Crippen molar-refractivity contribution in [2.24, 2.45) is 5.73 Å². The van der Waals surface area contributed by atoms with Crippen LogP contribution in [0.5, 0.6) is 0 Å². The predicted octanol–water partition coefficient (Wildman–Crippen LogP) is 2.34. The quantitative estimate of drug-likeness (QED) is 0.903. The van der Waals surface area contributed by atoms with Gasteiger partial charge in [0.15, 0.2) is 9.84 Å². The van der Waals surface area contributed by atoms with Crippen LogP contribution in [-0.2, 0) is 16.0 Å². The van der Waals surface area contributed by atoms with E-state index in [-0.39, 0.29) is 11.3 Å². The van der Waals surface area contributed by atoms with E-state index in [0.29, 0.717) is 0 Å². The van der Waals surface area contributed by atoms with E-state index in [1.807, 2.05) is 0 Å². The summed E-state index contributed by atoms with van der Waals surface area (Å²) in [5, 5.41) is 0. The molecule has 2 N–H and O–H groups in total. The van der Waals surface area contributed by atoms with E-state index < -0.39 is 44.7 Å². The molecule has 0 radical (unpaired) electrons. The fourth-order valence-corrected chi connectivity index (χ4v) is 3.27. The second-order valence-corrected chi connectivity index (χ2v) is 7.13.